The van der Waals surface area contributed by atoms with Crippen LogP contribution in [0.4, 0.5) is 4.79 Å². The van der Waals surface area contributed by atoms with E-state index in [4.69, 9.17) is 15.1 Å². The fraction of sp³-hybridized carbons (Fsp3) is 0.545. The van der Waals surface area contributed by atoms with Crippen molar-refractivity contribution in [2.24, 2.45) is 0 Å². The van der Waals surface area contributed by atoms with Gasteiger partial charge >= 0.3 is 12.1 Å². The molecule has 0 radical (unpaired) electrons. The Bertz CT molecular complexity index is 349. The lowest BCUT2D eigenvalue weighted by molar-refractivity contribution is -0.139. The Kier molecular flexibility index (Phi) is 5.75. The second-order valence-electron chi connectivity index (χ2n) is 4.30. The summed E-state index contributed by atoms with van der Waals surface area (Å²) in [7, 11) is 0. The Morgan fingerprint density at radius 3 is 2.53 bits per heavy atom. The zero-order chi connectivity index (χ0) is 13.5. The van der Waals surface area contributed by atoms with Gasteiger partial charge in [0.2, 0.25) is 0 Å². The number of rotatable bonds is 4. The van der Waals surface area contributed by atoms with Crippen LogP contribution in [0.2, 0.25) is 0 Å². The highest BCUT2D eigenvalue weighted by atomic mass is 16.6. The molecule has 6 heteroatoms. The lowest BCUT2D eigenvalue weighted by Gasteiger charge is -2.21. The van der Waals surface area contributed by atoms with Gasteiger partial charge in [0.15, 0.2) is 0 Å². The summed E-state index contributed by atoms with van der Waals surface area (Å²) in [6.07, 6.45) is 1.76. The van der Waals surface area contributed by atoms with Crippen LogP contribution in [-0.2, 0) is 9.53 Å². The van der Waals surface area contributed by atoms with E-state index in [-0.39, 0.29) is 6.42 Å². The monoisotopic (exact) mass is 240 g/mol. The van der Waals surface area contributed by atoms with Gasteiger partial charge < -0.3 is 15.2 Å². The second-order valence-corrected chi connectivity index (χ2v) is 4.30. The second kappa shape index (κ2) is 6.53. The van der Waals surface area contributed by atoms with Gasteiger partial charge in [0.25, 0.3) is 0 Å². The summed E-state index contributed by atoms with van der Waals surface area (Å²) in [5.74, 6) is -1.18. The van der Waals surface area contributed by atoms with Crippen molar-refractivity contribution < 1.29 is 19.4 Å². The van der Waals surface area contributed by atoms with E-state index in [2.05, 4.69) is 5.32 Å². The van der Waals surface area contributed by atoms with Crippen molar-refractivity contribution >= 4 is 12.1 Å². The molecule has 1 unspecified atom stereocenters. The number of amides is 1. The predicted molar refractivity (Wildman–Crippen MR) is 60.2 cm³/mol. The SMILES string of the molecule is CC(C)(C)OC(=O)NC(C/C=C/C#N)C(=O)O. The van der Waals surface area contributed by atoms with Crippen molar-refractivity contribution in [3.05, 3.63) is 12.2 Å². The molecule has 0 spiro atoms. The van der Waals surface area contributed by atoms with Gasteiger partial charge in [0.05, 0.1) is 6.07 Å². The summed E-state index contributed by atoms with van der Waals surface area (Å²) in [6, 6.07) is 0.634. The van der Waals surface area contributed by atoms with Crippen LogP contribution < -0.4 is 5.32 Å². The Labute approximate surface area is 99.9 Å². The first kappa shape index (κ1) is 15.0. The first-order valence-corrected chi connectivity index (χ1v) is 5.03. The number of carbonyl (C=O) groups is 2. The highest BCUT2D eigenvalue weighted by Gasteiger charge is 2.22. The van der Waals surface area contributed by atoms with Crippen LogP contribution in [0.5, 0.6) is 0 Å². The quantitative estimate of drug-likeness (QED) is 0.724. The molecule has 0 aliphatic rings. The Hall–Kier alpha value is -2.03. The number of carboxylic acids is 1. The molecule has 0 aliphatic carbocycles. The number of allylic oxidation sites excluding steroid dienone is 1. The number of nitrogens with zero attached hydrogens (tertiary/aromatic N) is 1. The molecule has 0 aromatic rings. The zero-order valence-electron chi connectivity index (χ0n) is 10.1. The minimum absolute atomic E-state index is 0.0299. The number of ether oxygens (including phenoxy) is 1. The maximum atomic E-state index is 11.3. The van der Waals surface area contributed by atoms with Crippen LogP contribution in [-0.4, -0.2) is 28.8 Å². The van der Waals surface area contributed by atoms with E-state index in [9.17, 15) is 9.59 Å². The van der Waals surface area contributed by atoms with Crippen LogP contribution in [0.25, 0.3) is 0 Å². The highest BCUT2D eigenvalue weighted by molar-refractivity contribution is 5.80. The van der Waals surface area contributed by atoms with Crippen molar-refractivity contribution in [3.8, 4) is 6.07 Å². The van der Waals surface area contributed by atoms with E-state index in [1.165, 1.54) is 6.08 Å². The van der Waals surface area contributed by atoms with Crippen molar-refractivity contribution in [2.45, 2.75) is 38.8 Å². The molecule has 0 aliphatic heterocycles. The number of nitrogens with one attached hydrogen (secondary N) is 1. The lowest BCUT2D eigenvalue weighted by atomic mass is 10.2. The number of carbonyl (C=O) groups excluding carboxylic acids is 1. The van der Waals surface area contributed by atoms with Crippen molar-refractivity contribution in [1.29, 1.82) is 5.26 Å². The molecule has 0 saturated heterocycles. The van der Waals surface area contributed by atoms with Crippen molar-refractivity contribution in [1.82, 2.24) is 5.32 Å². The van der Waals surface area contributed by atoms with Gasteiger partial charge in [-0.15, -0.1) is 0 Å². The Morgan fingerprint density at radius 2 is 2.12 bits per heavy atom. The van der Waals surface area contributed by atoms with E-state index >= 15 is 0 Å². The summed E-state index contributed by atoms with van der Waals surface area (Å²) in [5, 5.41) is 19.3. The third-order valence-electron chi connectivity index (χ3n) is 1.55. The topological polar surface area (TPSA) is 99.4 Å². The molecule has 0 aromatic carbocycles. The molecule has 1 atom stereocenters. The Balaban J connectivity index is 4.36. The molecule has 1 amide bonds. The fourth-order valence-electron chi connectivity index (χ4n) is 0.928. The zero-order valence-corrected chi connectivity index (χ0v) is 10.1. The van der Waals surface area contributed by atoms with E-state index < -0.39 is 23.7 Å². The minimum Gasteiger partial charge on any atom is -0.480 e. The number of aliphatic carboxylic acids is 1. The first-order chi connectivity index (χ1) is 7.76. The van der Waals surface area contributed by atoms with Gasteiger partial charge in [-0.25, -0.2) is 9.59 Å². The summed E-state index contributed by atoms with van der Waals surface area (Å²) in [5.41, 5.74) is -0.685. The van der Waals surface area contributed by atoms with E-state index in [1.54, 1.807) is 26.8 Å². The molecule has 0 saturated carbocycles. The lowest BCUT2D eigenvalue weighted by Crippen LogP contribution is -2.43. The molecule has 6 nitrogen and oxygen atoms in total. The maximum absolute atomic E-state index is 11.3. The van der Waals surface area contributed by atoms with E-state index in [0.29, 0.717) is 0 Å². The summed E-state index contributed by atoms with van der Waals surface area (Å²) in [6.45, 7) is 5.04. The van der Waals surface area contributed by atoms with E-state index in [0.717, 1.165) is 6.08 Å². The largest absolute Gasteiger partial charge is 0.480 e. The fourth-order valence-corrected chi connectivity index (χ4v) is 0.928. The number of nitriles is 1. The Morgan fingerprint density at radius 1 is 1.53 bits per heavy atom. The molecule has 0 aromatic heterocycles. The van der Waals surface area contributed by atoms with Gasteiger partial charge in [-0.3, -0.25) is 0 Å². The van der Waals surface area contributed by atoms with Gasteiger partial charge in [-0.05, 0) is 27.2 Å². The molecule has 94 valence electrons. The maximum Gasteiger partial charge on any atom is 0.408 e. The number of alkyl carbamates (subject to hydrolysis) is 1. The molecule has 2 N–H and O–H groups in total. The molecule has 0 rings (SSSR count). The van der Waals surface area contributed by atoms with Crippen LogP contribution in [0.3, 0.4) is 0 Å². The van der Waals surface area contributed by atoms with Crippen LogP contribution in [0.15, 0.2) is 12.2 Å². The van der Waals surface area contributed by atoms with Crippen LogP contribution in [0.1, 0.15) is 27.2 Å². The minimum atomic E-state index is -1.18. The first-order valence-electron chi connectivity index (χ1n) is 5.03. The highest BCUT2D eigenvalue weighted by Crippen LogP contribution is 2.07. The summed E-state index contributed by atoms with van der Waals surface area (Å²) >= 11 is 0. The average molecular weight is 240 g/mol. The number of carboxylic acid groups (broad SMARTS) is 1. The third-order valence-corrected chi connectivity index (χ3v) is 1.55. The van der Waals surface area contributed by atoms with Crippen LogP contribution in [0, 0.1) is 11.3 Å². The average Bonchev–Trinajstić information content (AvgIpc) is 2.13. The van der Waals surface area contributed by atoms with Gasteiger partial charge in [0, 0.05) is 6.08 Å². The normalized spacial score (nSPS) is 12.8. The van der Waals surface area contributed by atoms with Crippen LogP contribution >= 0.6 is 0 Å². The van der Waals surface area contributed by atoms with Crippen molar-refractivity contribution in [3.63, 3.8) is 0 Å². The molecule has 0 heterocycles. The molecular formula is C11H16N2O4. The number of hydrogen-bond acceptors (Lipinski definition) is 4. The molecular weight excluding hydrogens is 224 g/mol. The number of hydrogen-bond donors (Lipinski definition) is 2. The van der Waals surface area contributed by atoms with E-state index in [1.807, 2.05) is 0 Å². The summed E-state index contributed by atoms with van der Waals surface area (Å²) in [4.78, 5) is 22.1. The smallest absolute Gasteiger partial charge is 0.408 e. The molecule has 0 fully saturated rings. The summed E-state index contributed by atoms with van der Waals surface area (Å²) < 4.78 is 4.92. The van der Waals surface area contributed by atoms with Gasteiger partial charge in [-0.1, -0.05) is 6.08 Å². The predicted octanol–water partition coefficient (Wildman–Crippen LogP) is 1.43. The van der Waals surface area contributed by atoms with Gasteiger partial charge in [-0.2, -0.15) is 5.26 Å². The van der Waals surface area contributed by atoms with Crippen molar-refractivity contribution in [2.75, 3.05) is 0 Å². The standard InChI is InChI=1S/C11H16N2O4/c1-11(2,3)17-10(16)13-8(9(14)15)6-4-5-7-12/h4-5,8H,6H2,1-3H3,(H,13,16)(H,14,15)/b5-4+. The third kappa shape index (κ3) is 7.85. The molecule has 0 bridgehead atoms. The molecule has 17 heavy (non-hydrogen) atoms. The van der Waals surface area contributed by atoms with Gasteiger partial charge in [0.1, 0.15) is 11.6 Å².